The number of nitrogens with one attached hydrogen (secondary N) is 3. The molecule has 3 rings (SSSR count). The van der Waals surface area contributed by atoms with Crippen molar-refractivity contribution >= 4 is 74.4 Å². The van der Waals surface area contributed by atoms with Gasteiger partial charge in [-0.2, -0.15) is 5.10 Å². The molecule has 41 heavy (non-hydrogen) atoms. The molecule has 216 valence electrons. The van der Waals surface area contributed by atoms with E-state index in [9.17, 15) is 14.4 Å². The quantitative estimate of drug-likeness (QED) is 0.0936. The minimum atomic E-state index is -0.955. The van der Waals surface area contributed by atoms with Gasteiger partial charge in [-0.3, -0.25) is 14.4 Å². The average Bonchev–Trinajstić information content (AvgIpc) is 2.95. The Morgan fingerprint density at radius 1 is 0.927 bits per heavy atom. The summed E-state index contributed by atoms with van der Waals surface area (Å²) in [6.07, 6.45) is 3.29. The van der Waals surface area contributed by atoms with E-state index in [1.165, 1.54) is 19.4 Å². The van der Waals surface area contributed by atoms with Crippen LogP contribution < -0.4 is 30.3 Å². The lowest BCUT2D eigenvalue weighted by Gasteiger charge is -2.13. The molecule has 0 heterocycles. The third kappa shape index (κ3) is 9.96. The summed E-state index contributed by atoms with van der Waals surface area (Å²) in [5.74, 6) is -1.02. The first-order valence-electron chi connectivity index (χ1n) is 12.3. The van der Waals surface area contributed by atoms with Gasteiger partial charge in [-0.05, 0) is 82.5 Å². The molecule has 10 nitrogen and oxygen atoms in total. The number of unbranched alkanes of at least 4 members (excludes halogenated alkanes) is 1. The van der Waals surface area contributed by atoms with Gasteiger partial charge in [-0.25, -0.2) is 5.43 Å². The SMILES string of the molecule is CCCCOc1ccc(NC(=O)C(=O)N/N=C\c2cc(Br)c(OCC(=O)Nc3ccc(Cl)c(Cl)c3)c(OC)c2)cc1. The molecule has 0 aliphatic heterocycles. The van der Waals surface area contributed by atoms with Crippen LogP contribution in [0.2, 0.25) is 10.0 Å². The summed E-state index contributed by atoms with van der Waals surface area (Å²) in [6.45, 7) is 2.37. The van der Waals surface area contributed by atoms with Crippen molar-refractivity contribution in [1.29, 1.82) is 0 Å². The minimum Gasteiger partial charge on any atom is -0.494 e. The molecule has 3 N–H and O–H groups in total. The highest BCUT2D eigenvalue weighted by Crippen LogP contribution is 2.36. The zero-order valence-corrected chi connectivity index (χ0v) is 25.2. The number of rotatable bonds is 12. The van der Waals surface area contributed by atoms with Crippen LogP contribution in [0.25, 0.3) is 0 Å². The molecule has 0 aliphatic rings. The topological polar surface area (TPSA) is 127 Å². The Morgan fingerprint density at radius 2 is 1.66 bits per heavy atom. The summed E-state index contributed by atoms with van der Waals surface area (Å²) in [5.41, 5.74) is 3.59. The summed E-state index contributed by atoms with van der Waals surface area (Å²) in [4.78, 5) is 36.7. The summed E-state index contributed by atoms with van der Waals surface area (Å²) < 4.78 is 17.1. The summed E-state index contributed by atoms with van der Waals surface area (Å²) in [6, 6.07) is 14.6. The molecule has 0 saturated heterocycles. The second kappa shape index (κ2) is 15.8. The number of hydrazone groups is 1. The van der Waals surface area contributed by atoms with Crippen molar-refractivity contribution in [3.8, 4) is 17.2 Å². The standard InChI is InChI=1S/C28H27BrCl2N4O6/c1-3-4-11-40-20-8-5-18(6-9-20)34-27(37)28(38)35-32-15-17-12-21(29)26(24(13-17)39-2)41-16-25(36)33-19-7-10-22(30)23(31)14-19/h5-10,12-15H,3-4,11,16H2,1-2H3,(H,33,36)(H,34,37)(H,35,38)/b32-15-. The van der Waals surface area contributed by atoms with E-state index < -0.39 is 17.7 Å². The molecule has 3 amide bonds. The number of benzene rings is 3. The fraction of sp³-hybridized carbons (Fsp3) is 0.214. The number of ether oxygens (including phenoxy) is 3. The molecule has 0 radical (unpaired) electrons. The van der Waals surface area contributed by atoms with Gasteiger partial charge in [-0.15, -0.1) is 0 Å². The Balaban J connectivity index is 1.53. The van der Waals surface area contributed by atoms with Crippen molar-refractivity contribution in [3.05, 3.63) is 74.7 Å². The van der Waals surface area contributed by atoms with Crippen molar-refractivity contribution in [2.45, 2.75) is 19.8 Å². The van der Waals surface area contributed by atoms with Crippen molar-refractivity contribution in [1.82, 2.24) is 5.43 Å². The van der Waals surface area contributed by atoms with E-state index in [1.54, 1.807) is 48.5 Å². The molecule has 0 spiro atoms. The number of hydrogen-bond donors (Lipinski definition) is 3. The predicted molar refractivity (Wildman–Crippen MR) is 162 cm³/mol. The third-order valence-corrected chi connectivity index (χ3v) is 6.60. The van der Waals surface area contributed by atoms with Crippen molar-refractivity contribution in [3.63, 3.8) is 0 Å². The molecule has 13 heteroatoms. The van der Waals surface area contributed by atoms with E-state index in [1.807, 2.05) is 0 Å². The Labute approximate surface area is 255 Å². The second-order valence-corrected chi connectivity index (χ2v) is 10.0. The molecule has 3 aromatic carbocycles. The van der Waals surface area contributed by atoms with Gasteiger partial charge < -0.3 is 24.8 Å². The van der Waals surface area contributed by atoms with Crippen LogP contribution in [0.1, 0.15) is 25.3 Å². The van der Waals surface area contributed by atoms with Crippen LogP contribution >= 0.6 is 39.1 Å². The van der Waals surface area contributed by atoms with Gasteiger partial charge in [-0.1, -0.05) is 36.5 Å². The van der Waals surface area contributed by atoms with Crippen LogP contribution in [0.3, 0.4) is 0 Å². The first-order valence-corrected chi connectivity index (χ1v) is 13.9. The molecule has 0 aliphatic carbocycles. The third-order valence-electron chi connectivity index (χ3n) is 5.27. The summed E-state index contributed by atoms with van der Waals surface area (Å²) >= 11 is 15.3. The van der Waals surface area contributed by atoms with E-state index in [-0.39, 0.29) is 12.4 Å². The Morgan fingerprint density at radius 3 is 2.34 bits per heavy atom. The summed E-state index contributed by atoms with van der Waals surface area (Å²) in [5, 5.41) is 9.67. The second-order valence-electron chi connectivity index (χ2n) is 8.38. The van der Waals surface area contributed by atoms with E-state index in [0.29, 0.717) is 49.6 Å². The number of methoxy groups -OCH3 is 1. The lowest BCUT2D eigenvalue weighted by molar-refractivity contribution is -0.136. The Kier molecular flexibility index (Phi) is 12.3. The highest BCUT2D eigenvalue weighted by Gasteiger charge is 2.15. The van der Waals surface area contributed by atoms with Gasteiger partial charge in [0.2, 0.25) is 0 Å². The van der Waals surface area contributed by atoms with E-state index in [2.05, 4.69) is 44.0 Å². The van der Waals surface area contributed by atoms with Gasteiger partial charge >= 0.3 is 11.8 Å². The zero-order valence-electron chi connectivity index (χ0n) is 22.1. The number of hydrogen-bond acceptors (Lipinski definition) is 7. The fourth-order valence-electron chi connectivity index (χ4n) is 3.24. The van der Waals surface area contributed by atoms with E-state index in [4.69, 9.17) is 37.4 Å². The maximum Gasteiger partial charge on any atom is 0.329 e. The number of anilines is 2. The van der Waals surface area contributed by atoms with Gasteiger partial charge in [0.25, 0.3) is 5.91 Å². The van der Waals surface area contributed by atoms with Gasteiger partial charge in [0.15, 0.2) is 18.1 Å². The van der Waals surface area contributed by atoms with Crippen molar-refractivity contribution < 1.29 is 28.6 Å². The van der Waals surface area contributed by atoms with Gasteiger partial charge in [0, 0.05) is 11.4 Å². The van der Waals surface area contributed by atoms with E-state index >= 15 is 0 Å². The van der Waals surface area contributed by atoms with Crippen molar-refractivity contribution in [2.75, 3.05) is 31.0 Å². The molecular formula is C28H27BrCl2N4O6. The number of carbonyl (C=O) groups excluding carboxylic acids is 3. The first kappa shape index (κ1) is 31.7. The first-order chi connectivity index (χ1) is 19.7. The smallest absolute Gasteiger partial charge is 0.329 e. The maximum absolute atomic E-state index is 12.3. The van der Waals surface area contributed by atoms with Crippen LogP contribution in [0.5, 0.6) is 17.2 Å². The number of nitrogens with zero attached hydrogens (tertiary/aromatic N) is 1. The van der Waals surface area contributed by atoms with Crippen LogP contribution in [0.15, 0.2) is 64.2 Å². The number of halogens is 3. The van der Waals surface area contributed by atoms with E-state index in [0.717, 1.165) is 12.8 Å². The molecule has 0 unspecified atom stereocenters. The molecule has 0 fully saturated rings. The molecule has 0 aromatic heterocycles. The fourth-order valence-corrected chi connectivity index (χ4v) is 4.11. The van der Waals surface area contributed by atoms with Crippen LogP contribution in [0.4, 0.5) is 11.4 Å². The van der Waals surface area contributed by atoms with Gasteiger partial charge in [0.05, 0.1) is 34.4 Å². The summed E-state index contributed by atoms with van der Waals surface area (Å²) in [7, 11) is 1.43. The molecule has 0 atom stereocenters. The van der Waals surface area contributed by atoms with Crippen molar-refractivity contribution in [2.24, 2.45) is 5.10 Å². The molecular weight excluding hydrogens is 639 g/mol. The minimum absolute atomic E-state index is 0.277. The largest absolute Gasteiger partial charge is 0.494 e. The van der Waals surface area contributed by atoms with Crippen LogP contribution in [0, 0.1) is 0 Å². The zero-order chi connectivity index (χ0) is 29.8. The lowest BCUT2D eigenvalue weighted by atomic mass is 10.2. The monoisotopic (exact) mass is 664 g/mol. The predicted octanol–water partition coefficient (Wildman–Crippen LogP) is 6.05. The van der Waals surface area contributed by atoms with Crippen LogP contribution in [-0.4, -0.2) is 44.3 Å². The number of amides is 3. The maximum atomic E-state index is 12.3. The highest BCUT2D eigenvalue weighted by atomic mass is 79.9. The van der Waals surface area contributed by atoms with Gasteiger partial charge in [0.1, 0.15) is 5.75 Å². The normalized spacial score (nSPS) is 10.7. The molecule has 0 saturated carbocycles. The van der Waals surface area contributed by atoms with Crippen LogP contribution in [-0.2, 0) is 14.4 Å². The number of carbonyl (C=O) groups is 3. The molecule has 0 bridgehead atoms. The molecule has 3 aromatic rings. The lowest BCUT2D eigenvalue weighted by Crippen LogP contribution is -2.32. The highest BCUT2D eigenvalue weighted by molar-refractivity contribution is 9.10. The average molecular weight is 666 g/mol. The Hall–Kier alpha value is -3.80. The Bertz CT molecular complexity index is 1420.